The number of allylic oxidation sites excluding steroid dienone is 1. The Morgan fingerprint density at radius 3 is 1.79 bits per heavy atom. The average Bonchev–Trinajstić information content (AvgIpc) is 2.77. The summed E-state index contributed by atoms with van der Waals surface area (Å²) < 4.78 is 0. The van der Waals surface area contributed by atoms with Crippen LogP contribution in [0.1, 0.15) is 42.0 Å². The van der Waals surface area contributed by atoms with E-state index in [1.54, 1.807) is 0 Å². The highest BCUT2D eigenvalue weighted by atomic mass is 16.3. The van der Waals surface area contributed by atoms with E-state index in [2.05, 4.69) is 24.0 Å². The van der Waals surface area contributed by atoms with Crippen LogP contribution in [0.25, 0.3) is 0 Å². The molecule has 0 saturated heterocycles. The van der Waals surface area contributed by atoms with Crippen LogP contribution in [0, 0.1) is 0 Å². The summed E-state index contributed by atoms with van der Waals surface area (Å²) >= 11 is 0. The second-order valence-electron chi connectivity index (χ2n) is 7.08. The summed E-state index contributed by atoms with van der Waals surface area (Å²) in [5.41, 5.74) is 1.66. The highest BCUT2D eigenvalue weighted by Gasteiger charge is 2.40. The van der Waals surface area contributed by atoms with Gasteiger partial charge in [-0.1, -0.05) is 97.1 Å². The number of rotatable bonds is 10. The smallest absolute Gasteiger partial charge is 0.134 e. The van der Waals surface area contributed by atoms with Crippen LogP contribution in [0.5, 0.6) is 0 Å². The summed E-state index contributed by atoms with van der Waals surface area (Å²) in [4.78, 5) is 0. The van der Waals surface area contributed by atoms with Gasteiger partial charge >= 0.3 is 0 Å². The van der Waals surface area contributed by atoms with Gasteiger partial charge < -0.3 is 10.4 Å². The molecule has 0 saturated carbocycles. The van der Waals surface area contributed by atoms with Gasteiger partial charge in [-0.2, -0.15) is 0 Å². The van der Waals surface area contributed by atoms with Gasteiger partial charge in [0.25, 0.3) is 0 Å². The molecule has 0 radical (unpaired) electrons. The van der Waals surface area contributed by atoms with Gasteiger partial charge in [0.05, 0.1) is 6.04 Å². The molecule has 3 aromatic rings. The van der Waals surface area contributed by atoms with E-state index in [0.29, 0.717) is 0 Å². The van der Waals surface area contributed by atoms with Crippen LogP contribution in [-0.4, -0.2) is 11.7 Å². The standard InChI is InChI=1S/C26H29NO/c1-2-3-4-14-21-27-25(22-15-8-5-9-16-22)26(28,23-17-10-6-11-18-23)24-19-12-7-13-20-24/h2,5-13,15-20,25,27-28H,1,3-4,14,21H2/t25-/m0/s1. The van der Waals surface area contributed by atoms with Gasteiger partial charge in [-0.25, -0.2) is 0 Å². The first kappa shape index (κ1) is 20.1. The molecular formula is C26H29NO. The third-order valence-electron chi connectivity index (χ3n) is 5.16. The summed E-state index contributed by atoms with van der Waals surface area (Å²) in [6, 6.07) is 29.9. The Morgan fingerprint density at radius 2 is 1.29 bits per heavy atom. The number of hydrogen-bond acceptors (Lipinski definition) is 2. The van der Waals surface area contributed by atoms with Crippen molar-refractivity contribution in [2.24, 2.45) is 0 Å². The fourth-order valence-corrected chi connectivity index (χ4v) is 3.70. The molecule has 3 rings (SSSR count). The molecule has 0 spiro atoms. The minimum absolute atomic E-state index is 0.262. The Balaban J connectivity index is 2.02. The third-order valence-corrected chi connectivity index (χ3v) is 5.16. The SMILES string of the molecule is C=CCCCCN[C@@H](c1ccccc1)C(O)(c1ccccc1)c1ccccc1. The zero-order valence-corrected chi connectivity index (χ0v) is 16.3. The zero-order chi connectivity index (χ0) is 19.7. The van der Waals surface area contributed by atoms with E-state index >= 15 is 0 Å². The molecule has 0 heterocycles. The van der Waals surface area contributed by atoms with Gasteiger partial charge in [0.1, 0.15) is 5.60 Å². The summed E-state index contributed by atoms with van der Waals surface area (Å²) in [7, 11) is 0. The summed E-state index contributed by atoms with van der Waals surface area (Å²) in [5, 5.41) is 15.8. The molecule has 2 N–H and O–H groups in total. The molecule has 0 aromatic heterocycles. The molecule has 3 aromatic carbocycles. The van der Waals surface area contributed by atoms with E-state index in [9.17, 15) is 5.11 Å². The molecule has 28 heavy (non-hydrogen) atoms. The molecule has 0 fully saturated rings. The van der Waals surface area contributed by atoms with E-state index in [-0.39, 0.29) is 6.04 Å². The van der Waals surface area contributed by atoms with Crippen molar-refractivity contribution in [3.8, 4) is 0 Å². The van der Waals surface area contributed by atoms with Gasteiger partial charge in [0.2, 0.25) is 0 Å². The summed E-state index contributed by atoms with van der Waals surface area (Å²) in [5.74, 6) is 0. The normalized spacial score (nSPS) is 12.5. The fourth-order valence-electron chi connectivity index (χ4n) is 3.70. The molecule has 2 nitrogen and oxygen atoms in total. The summed E-state index contributed by atoms with van der Waals surface area (Å²) in [6.45, 7) is 4.63. The van der Waals surface area contributed by atoms with Crippen molar-refractivity contribution in [3.63, 3.8) is 0 Å². The Hall–Kier alpha value is -2.68. The lowest BCUT2D eigenvalue weighted by Gasteiger charge is -2.38. The van der Waals surface area contributed by atoms with Crippen LogP contribution in [0.4, 0.5) is 0 Å². The highest BCUT2D eigenvalue weighted by Crippen LogP contribution is 2.41. The van der Waals surface area contributed by atoms with Gasteiger partial charge in [-0.05, 0) is 42.5 Å². The largest absolute Gasteiger partial charge is 0.378 e. The molecule has 0 amide bonds. The van der Waals surface area contributed by atoms with Gasteiger partial charge in [-0.3, -0.25) is 0 Å². The average molecular weight is 372 g/mol. The lowest BCUT2D eigenvalue weighted by Crippen LogP contribution is -2.43. The van der Waals surface area contributed by atoms with Gasteiger partial charge in [-0.15, -0.1) is 6.58 Å². The Morgan fingerprint density at radius 1 is 0.786 bits per heavy atom. The molecule has 0 aliphatic rings. The van der Waals surface area contributed by atoms with E-state index < -0.39 is 5.60 Å². The predicted molar refractivity (Wildman–Crippen MR) is 117 cm³/mol. The molecule has 144 valence electrons. The Labute approximate surface area is 168 Å². The number of hydrogen-bond donors (Lipinski definition) is 2. The number of aliphatic hydroxyl groups is 1. The van der Waals surface area contributed by atoms with Crippen LogP contribution in [0.2, 0.25) is 0 Å². The van der Waals surface area contributed by atoms with E-state index in [4.69, 9.17) is 0 Å². The van der Waals surface area contributed by atoms with E-state index in [1.807, 2.05) is 84.9 Å². The maximum Gasteiger partial charge on any atom is 0.134 e. The van der Waals surface area contributed by atoms with E-state index in [1.165, 1.54) is 0 Å². The predicted octanol–water partition coefficient (Wildman–Crippen LogP) is 5.61. The van der Waals surface area contributed by atoms with Gasteiger partial charge in [0, 0.05) is 0 Å². The van der Waals surface area contributed by atoms with Crippen molar-refractivity contribution in [2.45, 2.75) is 30.9 Å². The second-order valence-corrected chi connectivity index (χ2v) is 7.08. The second kappa shape index (κ2) is 10.0. The molecule has 0 aliphatic carbocycles. The molecule has 1 atom stereocenters. The fraction of sp³-hybridized carbons (Fsp3) is 0.231. The first-order chi connectivity index (χ1) is 13.8. The van der Waals surface area contributed by atoms with Crippen molar-refractivity contribution in [1.82, 2.24) is 5.32 Å². The third kappa shape index (κ3) is 4.59. The molecule has 2 heteroatoms. The van der Waals surface area contributed by atoms with Crippen molar-refractivity contribution >= 4 is 0 Å². The van der Waals surface area contributed by atoms with Crippen LogP contribution in [0.15, 0.2) is 104 Å². The van der Waals surface area contributed by atoms with E-state index in [0.717, 1.165) is 42.5 Å². The first-order valence-electron chi connectivity index (χ1n) is 9.99. The molecular weight excluding hydrogens is 342 g/mol. The zero-order valence-electron chi connectivity index (χ0n) is 16.3. The number of unbranched alkanes of at least 4 members (excludes halogenated alkanes) is 2. The van der Waals surface area contributed by atoms with Crippen LogP contribution < -0.4 is 5.32 Å². The lowest BCUT2D eigenvalue weighted by molar-refractivity contribution is 0.0361. The molecule has 0 aliphatic heterocycles. The van der Waals surface area contributed by atoms with Crippen LogP contribution >= 0.6 is 0 Å². The summed E-state index contributed by atoms with van der Waals surface area (Å²) in [6.07, 6.45) is 5.10. The van der Waals surface area contributed by atoms with Crippen LogP contribution in [-0.2, 0) is 5.60 Å². The monoisotopic (exact) mass is 371 g/mol. The minimum Gasteiger partial charge on any atom is -0.378 e. The molecule has 0 unspecified atom stereocenters. The maximum absolute atomic E-state index is 12.2. The van der Waals surface area contributed by atoms with Crippen molar-refractivity contribution in [3.05, 3.63) is 120 Å². The number of benzene rings is 3. The Bertz CT molecular complexity index is 791. The first-order valence-corrected chi connectivity index (χ1v) is 9.99. The number of nitrogens with one attached hydrogen (secondary N) is 1. The van der Waals surface area contributed by atoms with Crippen LogP contribution in [0.3, 0.4) is 0 Å². The lowest BCUT2D eigenvalue weighted by atomic mass is 9.77. The highest BCUT2D eigenvalue weighted by molar-refractivity contribution is 5.41. The van der Waals surface area contributed by atoms with Crippen molar-refractivity contribution in [2.75, 3.05) is 6.54 Å². The van der Waals surface area contributed by atoms with Crippen molar-refractivity contribution < 1.29 is 5.11 Å². The topological polar surface area (TPSA) is 32.3 Å². The van der Waals surface area contributed by atoms with Gasteiger partial charge in [0.15, 0.2) is 0 Å². The maximum atomic E-state index is 12.2. The van der Waals surface area contributed by atoms with Crippen molar-refractivity contribution in [1.29, 1.82) is 0 Å². The quantitative estimate of drug-likeness (QED) is 0.359. The minimum atomic E-state index is -1.18. The molecule has 0 bridgehead atoms. The Kier molecular flexibility index (Phi) is 7.18.